The Morgan fingerprint density at radius 2 is 1.89 bits per heavy atom. The largest absolute Gasteiger partial charge is 0.373 e. The zero-order valence-electron chi connectivity index (χ0n) is 16.2. The van der Waals surface area contributed by atoms with Gasteiger partial charge in [-0.3, -0.25) is 4.79 Å². The SMILES string of the molecule is C[C@@H]1CN(S(=O)(=O)c2cccc(C(=O)N[C@@]3(C)CCS(=O)(=O)C3)c2)C[C@H](C)O1. The highest BCUT2D eigenvalue weighted by Crippen LogP contribution is 2.25. The van der Waals surface area contributed by atoms with Crippen molar-refractivity contribution in [3.63, 3.8) is 0 Å². The molecule has 2 saturated heterocycles. The Kier molecular flexibility index (Phi) is 5.61. The highest BCUT2D eigenvalue weighted by Gasteiger charge is 2.40. The van der Waals surface area contributed by atoms with Crippen molar-refractivity contribution in [2.75, 3.05) is 24.6 Å². The van der Waals surface area contributed by atoms with Gasteiger partial charge in [0.25, 0.3) is 5.91 Å². The molecule has 0 radical (unpaired) electrons. The maximum Gasteiger partial charge on any atom is 0.251 e. The minimum absolute atomic E-state index is 0.0330. The molecule has 0 bridgehead atoms. The molecule has 2 aliphatic rings. The maximum absolute atomic E-state index is 13.0. The molecular formula is C18H26N2O6S2. The lowest BCUT2D eigenvalue weighted by Crippen LogP contribution is -2.48. The van der Waals surface area contributed by atoms with Crippen molar-refractivity contribution in [2.45, 2.75) is 49.8 Å². The summed E-state index contributed by atoms with van der Waals surface area (Å²) in [4.78, 5) is 12.7. The second-order valence-electron chi connectivity index (χ2n) is 7.96. The van der Waals surface area contributed by atoms with Crippen LogP contribution in [0.15, 0.2) is 29.2 Å². The van der Waals surface area contributed by atoms with Crippen molar-refractivity contribution in [3.8, 4) is 0 Å². The Labute approximate surface area is 166 Å². The Balaban J connectivity index is 1.81. The number of carbonyl (C=O) groups is 1. The van der Waals surface area contributed by atoms with Gasteiger partial charge in [0.2, 0.25) is 10.0 Å². The van der Waals surface area contributed by atoms with Gasteiger partial charge >= 0.3 is 0 Å². The number of nitrogens with one attached hydrogen (secondary N) is 1. The molecule has 8 nitrogen and oxygen atoms in total. The fourth-order valence-corrected chi connectivity index (χ4v) is 7.46. The number of rotatable bonds is 4. The summed E-state index contributed by atoms with van der Waals surface area (Å²) in [6.45, 7) is 5.82. The summed E-state index contributed by atoms with van der Waals surface area (Å²) in [5.41, 5.74) is -0.666. The Morgan fingerprint density at radius 1 is 1.25 bits per heavy atom. The second-order valence-corrected chi connectivity index (χ2v) is 12.1. The van der Waals surface area contributed by atoms with Crippen LogP contribution >= 0.6 is 0 Å². The van der Waals surface area contributed by atoms with Gasteiger partial charge < -0.3 is 10.1 Å². The van der Waals surface area contributed by atoms with Gasteiger partial charge in [-0.05, 0) is 45.4 Å². The zero-order chi connectivity index (χ0) is 20.7. The van der Waals surface area contributed by atoms with E-state index in [1.807, 2.05) is 13.8 Å². The van der Waals surface area contributed by atoms with Crippen LogP contribution in [0.5, 0.6) is 0 Å². The smallest absolute Gasteiger partial charge is 0.251 e. The first-order chi connectivity index (χ1) is 12.9. The first-order valence-electron chi connectivity index (χ1n) is 9.19. The minimum atomic E-state index is -3.77. The summed E-state index contributed by atoms with van der Waals surface area (Å²) >= 11 is 0. The summed E-state index contributed by atoms with van der Waals surface area (Å²) in [7, 11) is -6.93. The van der Waals surface area contributed by atoms with Crippen molar-refractivity contribution in [1.82, 2.24) is 9.62 Å². The Hall–Kier alpha value is -1.49. The Morgan fingerprint density at radius 3 is 2.46 bits per heavy atom. The number of carbonyl (C=O) groups excluding carboxylic acids is 1. The molecule has 28 heavy (non-hydrogen) atoms. The van der Waals surface area contributed by atoms with Crippen LogP contribution in [0, 0.1) is 0 Å². The van der Waals surface area contributed by atoms with Crippen molar-refractivity contribution >= 4 is 25.8 Å². The normalized spacial score (nSPS) is 30.8. The van der Waals surface area contributed by atoms with Gasteiger partial charge in [-0.1, -0.05) is 6.07 Å². The quantitative estimate of drug-likeness (QED) is 0.756. The van der Waals surface area contributed by atoms with E-state index < -0.39 is 31.3 Å². The molecule has 2 aliphatic heterocycles. The lowest BCUT2D eigenvalue weighted by Gasteiger charge is -2.34. The molecule has 2 heterocycles. The number of benzene rings is 1. The van der Waals surface area contributed by atoms with Crippen molar-refractivity contribution < 1.29 is 26.4 Å². The van der Waals surface area contributed by atoms with E-state index in [-0.39, 0.29) is 47.3 Å². The fraction of sp³-hybridized carbons (Fsp3) is 0.611. The molecule has 1 aromatic rings. The van der Waals surface area contributed by atoms with Gasteiger partial charge in [0.15, 0.2) is 9.84 Å². The van der Waals surface area contributed by atoms with E-state index in [2.05, 4.69) is 5.32 Å². The van der Waals surface area contributed by atoms with Crippen LogP contribution in [0.25, 0.3) is 0 Å². The molecule has 1 amide bonds. The number of hydrogen-bond donors (Lipinski definition) is 1. The number of sulfonamides is 1. The monoisotopic (exact) mass is 430 g/mol. The molecule has 0 saturated carbocycles. The van der Waals surface area contributed by atoms with Crippen molar-refractivity contribution in [2.24, 2.45) is 0 Å². The predicted octanol–water partition coefficient (Wildman–Crippen LogP) is 0.792. The first-order valence-corrected chi connectivity index (χ1v) is 12.4. The molecule has 1 N–H and O–H groups in total. The standard InChI is InChI=1S/C18H26N2O6S2/c1-13-10-20(11-14(2)26-13)28(24,25)16-6-4-5-15(9-16)17(21)19-18(3)7-8-27(22,23)12-18/h4-6,9,13-14H,7-8,10-12H2,1-3H3,(H,19,21)/t13-,14+,18-/m0/s1. The molecule has 0 aliphatic carbocycles. The Bertz CT molecular complexity index is 966. The molecule has 0 aromatic heterocycles. The summed E-state index contributed by atoms with van der Waals surface area (Å²) in [5, 5.41) is 2.75. The summed E-state index contributed by atoms with van der Waals surface area (Å²) < 4.78 is 56.4. The second kappa shape index (κ2) is 7.40. The molecule has 1 aromatic carbocycles. The van der Waals surface area contributed by atoms with Crippen LogP contribution < -0.4 is 5.32 Å². The van der Waals surface area contributed by atoms with E-state index in [4.69, 9.17) is 4.74 Å². The highest BCUT2D eigenvalue weighted by molar-refractivity contribution is 7.91. The van der Waals surface area contributed by atoms with Gasteiger partial charge in [-0.2, -0.15) is 4.31 Å². The van der Waals surface area contributed by atoms with E-state index in [9.17, 15) is 21.6 Å². The van der Waals surface area contributed by atoms with Crippen LogP contribution in [0.4, 0.5) is 0 Å². The fourth-order valence-electron chi connectivity index (χ4n) is 3.73. The van der Waals surface area contributed by atoms with E-state index in [0.717, 1.165) is 0 Å². The molecule has 3 atom stereocenters. The summed E-state index contributed by atoms with van der Waals surface area (Å²) in [6.07, 6.45) is -0.0913. The molecule has 10 heteroatoms. The third-order valence-electron chi connectivity index (χ3n) is 5.04. The van der Waals surface area contributed by atoms with Crippen LogP contribution in [-0.2, 0) is 24.6 Å². The van der Waals surface area contributed by atoms with Crippen molar-refractivity contribution in [3.05, 3.63) is 29.8 Å². The third-order valence-corrected chi connectivity index (χ3v) is 8.77. The van der Waals surface area contributed by atoms with Gasteiger partial charge in [0.05, 0.1) is 34.1 Å². The average Bonchev–Trinajstić information content (AvgIpc) is 2.87. The predicted molar refractivity (Wildman–Crippen MR) is 104 cm³/mol. The average molecular weight is 431 g/mol. The van der Waals surface area contributed by atoms with Crippen LogP contribution in [0.3, 0.4) is 0 Å². The third kappa shape index (κ3) is 4.56. The molecular weight excluding hydrogens is 404 g/mol. The number of nitrogens with zero attached hydrogens (tertiary/aromatic N) is 1. The van der Waals surface area contributed by atoms with Gasteiger partial charge in [0.1, 0.15) is 0 Å². The molecule has 2 fully saturated rings. The number of sulfone groups is 1. The molecule has 156 valence electrons. The van der Waals surface area contributed by atoms with E-state index in [1.165, 1.54) is 28.6 Å². The summed E-state index contributed by atoms with van der Waals surface area (Å²) in [6, 6.07) is 5.83. The van der Waals surface area contributed by atoms with Gasteiger partial charge in [0, 0.05) is 18.7 Å². The van der Waals surface area contributed by atoms with E-state index >= 15 is 0 Å². The minimum Gasteiger partial charge on any atom is -0.373 e. The van der Waals surface area contributed by atoms with E-state index in [1.54, 1.807) is 6.92 Å². The lowest BCUT2D eigenvalue weighted by molar-refractivity contribution is -0.0440. The molecule has 0 unspecified atom stereocenters. The molecule has 0 spiro atoms. The topological polar surface area (TPSA) is 110 Å². The number of amides is 1. The van der Waals surface area contributed by atoms with Crippen LogP contribution in [0.1, 0.15) is 37.6 Å². The van der Waals surface area contributed by atoms with Gasteiger partial charge in [-0.25, -0.2) is 16.8 Å². The number of morpholine rings is 1. The van der Waals surface area contributed by atoms with Crippen molar-refractivity contribution in [1.29, 1.82) is 0 Å². The maximum atomic E-state index is 13.0. The zero-order valence-corrected chi connectivity index (χ0v) is 17.8. The lowest BCUT2D eigenvalue weighted by atomic mass is 10.0. The van der Waals surface area contributed by atoms with Crippen LogP contribution in [0.2, 0.25) is 0 Å². The number of ether oxygens (including phenoxy) is 1. The highest BCUT2D eigenvalue weighted by atomic mass is 32.2. The van der Waals surface area contributed by atoms with Crippen LogP contribution in [-0.4, -0.2) is 69.4 Å². The van der Waals surface area contributed by atoms with E-state index in [0.29, 0.717) is 6.42 Å². The number of hydrogen-bond acceptors (Lipinski definition) is 6. The van der Waals surface area contributed by atoms with Gasteiger partial charge in [-0.15, -0.1) is 0 Å². The molecule has 3 rings (SSSR count). The summed E-state index contributed by atoms with van der Waals surface area (Å²) in [5.74, 6) is -0.570. The first kappa shape index (κ1) is 21.2.